The van der Waals surface area contributed by atoms with Crippen LogP contribution < -0.4 is 10.1 Å². The number of aryl methyl sites for hydroxylation is 2. The van der Waals surface area contributed by atoms with Gasteiger partial charge in [-0.25, -0.2) is 0 Å². The molecule has 0 bridgehead atoms. The summed E-state index contributed by atoms with van der Waals surface area (Å²) in [6.45, 7) is 4.48. The largest absolute Gasteiger partial charge is 0.496 e. The quantitative estimate of drug-likeness (QED) is 0.748. The van der Waals surface area contributed by atoms with Gasteiger partial charge in [0.05, 0.1) is 25.8 Å². The summed E-state index contributed by atoms with van der Waals surface area (Å²) in [4.78, 5) is 27.4. The van der Waals surface area contributed by atoms with Crippen LogP contribution in [-0.2, 0) is 14.3 Å². The zero-order valence-corrected chi connectivity index (χ0v) is 16.5. The molecule has 0 fully saturated rings. The molecular formula is C22H24N2O4. The fraction of sp³-hybridized carbons (Fsp3) is 0.273. The monoisotopic (exact) mass is 380 g/mol. The summed E-state index contributed by atoms with van der Waals surface area (Å²) in [5.74, 6) is -0.203. The van der Waals surface area contributed by atoms with Gasteiger partial charge in [-0.15, -0.1) is 0 Å². The summed E-state index contributed by atoms with van der Waals surface area (Å²) < 4.78 is 10.5. The van der Waals surface area contributed by atoms with Crippen LogP contribution in [0.1, 0.15) is 16.7 Å². The Kier molecular flexibility index (Phi) is 5.80. The fourth-order valence-electron chi connectivity index (χ4n) is 3.14. The topological polar surface area (TPSA) is 67.9 Å². The predicted molar refractivity (Wildman–Crippen MR) is 108 cm³/mol. The summed E-state index contributed by atoms with van der Waals surface area (Å²) in [6.07, 6.45) is 0. The first kappa shape index (κ1) is 19.6. The van der Waals surface area contributed by atoms with E-state index in [2.05, 4.69) is 5.32 Å². The maximum absolute atomic E-state index is 13.1. The lowest BCUT2D eigenvalue weighted by Crippen LogP contribution is -2.35. The van der Waals surface area contributed by atoms with E-state index >= 15 is 0 Å². The third-order valence-electron chi connectivity index (χ3n) is 4.84. The van der Waals surface area contributed by atoms with E-state index < -0.39 is 0 Å². The second-order valence-corrected chi connectivity index (χ2v) is 6.63. The molecule has 6 heteroatoms. The Hall–Kier alpha value is -3.12. The number of ether oxygens (including phenoxy) is 2. The Bertz CT molecular complexity index is 949. The van der Waals surface area contributed by atoms with Crippen LogP contribution in [0.2, 0.25) is 0 Å². The standard InChI is InChI=1S/C22H24N2O4/c1-14-9-10-16(13-15(14)2)23-20-19(17-7-5-6-8-18(17)28-4)21(25)24(22(20)26)11-12-27-3/h5-10,13,23H,11-12H2,1-4H3. The van der Waals surface area contributed by atoms with Crippen LogP contribution in [0, 0.1) is 13.8 Å². The summed E-state index contributed by atoms with van der Waals surface area (Å²) in [6, 6.07) is 13.0. The van der Waals surface area contributed by atoms with Gasteiger partial charge in [0.2, 0.25) is 0 Å². The van der Waals surface area contributed by atoms with Crippen molar-refractivity contribution in [2.75, 3.05) is 32.7 Å². The van der Waals surface area contributed by atoms with Crippen molar-refractivity contribution >= 4 is 23.1 Å². The van der Waals surface area contributed by atoms with Gasteiger partial charge in [0.25, 0.3) is 11.8 Å². The molecule has 0 spiro atoms. The zero-order chi connectivity index (χ0) is 20.3. The van der Waals surface area contributed by atoms with E-state index in [1.54, 1.807) is 19.2 Å². The van der Waals surface area contributed by atoms with Crippen LogP contribution in [0.25, 0.3) is 5.57 Å². The second kappa shape index (κ2) is 8.27. The molecular weight excluding hydrogens is 356 g/mol. The number of hydrogen-bond donors (Lipinski definition) is 1. The number of para-hydroxylation sites is 1. The molecule has 1 heterocycles. The minimum Gasteiger partial charge on any atom is -0.496 e. The van der Waals surface area contributed by atoms with E-state index in [0.717, 1.165) is 16.8 Å². The van der Waals surface area contributed by atoms with Gasteiger partial charge in [-0.1, -0.05) is 24.3 Å². The third kappa shape index (κ3) is 3.64. The normalized spacial score (nSPS) is 14.1. The van der Waals surface area contributed by atoms with E-state index in [-0.39, 0.29) is 30.7 Å². The molecule has 0 saturated carbocycles. The lowest BCUT2D eigenvalue weighted by Gasteiger charge is -2.15. The van der Waals surface area contributed by atoms with E-state index in [1.165, 1.54) is 12.0 Å². The van der Waals surface area contributed by atoms with Gasteiger partial charge < -0.3 is 14.8 Å². The Morgan fingerprint density at radius 1 is 0.964 bits per heavy atom. The highest BCUT2D eigenvalue weighted by atomic mass is 16.5. The lowest BCUT2D eigenvalue weighted by molar-refractivity contribution is -0.137. The minimum absolute atomic E-state index is 0.185. The summed E-state index contributed by atoms with van der Waals surface area (Å²) in [7, 11) is 3.08. The van der Waals surface area contributed by atoms with E-state index in [9.17, 15) is 9.59 Å². The van der Waals surface area contributed by atoms with E-state index in [1.807, 2.05) is 44.2 Å². The molecule has 1 aliphatic heterocycles. The molecule has 2 amide bonds. The zero-order valence-electron chi connectivity index (χ0n) is 16.5. The molecule has 0 radical (unpaired) electrons. The number of carbonyl (C=O) groups excluding carboxylic acids is 2. The summed E-state index contributed by atoms with van der Waals surface area (Å²) >= 11 is 0. The molecule has 0 aromatic heterocycles. The number of hydrogen-bond acceptors (Lipinski definition) is 5. The van der Waals surface area contributed by atoms with Gasteiger partial charge in [0, 0.05) is 18.4 Å². The number of methoxy groups -OCH3 is 2. The predicted octanol–water partition coefficient (Wildman–Crippen LogP) is 3.15. The molecule has 0 saturated heterocycles. The van der Waals surface area contributed by atoms with Crippen LogP contribution in [0.5, 0.6) is 5.75 Å². The highest BCUT2D eigenvalue weighted by molar-refractivity contribution is 6.37. The van der Waals surface area contributed by atoms with Crippen molar-refractivity contribution in [1.29, 1.82) is 0 Å². The molecule has 2 aromatic rings. The molecule has 6 nitrogen and oxygen atoms in total. The first-order valence-corrected chi connectivity index (χ1v) is 9.05. The average Bonchev–Trinajstić information content (AvgIpc) is 2.92. The van der Waals surface area contributed by atoms with Crippen LogP contribution in [0.4, 0.5) is 5.69 Å². The maximum Gasteiger partial charge on any atom is 0.278 e. The number of rotatable bonds is 7. The number of imide groups is 1. The highest BCUT2D eigenvalue weighted by Crippen LogP contribution is 2.35. The van der Waals surface area contributed by atoms with Crippen LogP contribution in [0.15, 0.2) is 48.2 Å². The summed E-state index contributed by atoms with van der Waals surface area (Å²) in [5.41, 5.74) is 4.12. The van der Waals surface area contributed by atoms with Crippen molar-refractivity contribution in [3.05, 3.63) is 64.9 Å². The number of carbonyl (C=O) groups is 2. The van der Waals surface area contributed by atoms with Gasteiger partial charge in [-0.2, -0.15) is 0 Å². The molecule has 1 N–H and O–H groups in total. The number of amides is 2. The Balaban J connectivity index is 2.09. The van der Waals surface area contributed by atoms with Crippen molar-refractivity contribution in [2.45, 2.75) is 13.8 Å². The third-order valence-corrected chi connectivity index (χ3v) is 4.84. The van der Waals surface area contributed by atoms with Crippen LogP contribution >= 0.6 is 0 Å². The first-order valence-electron chi connectivity index (χ1n) is 9.05. The molecule has 146 valence electrons. The molecule has 2 aromatic carbocycles. The average molecular weight is 380 g/mol. The van der Waals surface area contributed by atoms with Gasteiger partial charge in [0.15, 0.2) is 0 Å². The second-order valence-electron chi connectivity index (χ2n) is 6.63. The van der Waals surface area contributed by atoms with Gasteiger partial charge in [-0.05, 0) is 43.2 Å². The number of anilines is 1. The smallest absolute Gasteiger partial charge is 0.278 e. The van der Waals surface area contributed by atoms with E-state index in [4.69, 9.17) is 9.47 Å². The van der Waals surface area contributed by atoms with Gasteiger partial charge in [-0.3, -0.25) is 14.5 Å². The van der Waals surface area contributed by atoms with Crippen LogP contribution in [-0.4, -0.2) is 44.1 Å². The number of benzene rings is 2. The Morgan fingerprint density at radius 2 is 1.71 bits per heavy atom. The number of nitrogens with zero attached hydrogens (tertiary/aromatic N) is 1. The maximum atomic E-state index is 13.1. The first-order chi connectivity index (χ1) is 13.5. The molecule has 0 atom stereocenters. The van der Waals surface area contributed by atoms with Crippen molar-refractivity contribution in [3.63, 3.8) is 0 Å². The van der Waals surface area contributed by atoms with Gasteiger partial charge in [0.1, 0.15) is 11.4 Å². The molecule has 0 unspecified atom stereocenters. The van der Waals surface area contributed by atoms with Crippen molar-refractivity contribution in [1.82, 2.24) is 4.90 Å². The minimum atomic E-state index is -0.374. The van der Waals surface area contributed by atoms with E-state index in [0.29, 0.717) is 16.9 Å². The molecule has 28 heavy (non-hydrogen) atoms. The number of nitrogens with one attached hydrogen (secondary N) is 1. The Labute approximate surface area is 164 Å². The SMILES string of the molecule is COCCN1C(=O)C(Nc2ccc(C)c(C)c2)=C(c2ccccc2OC)C1=O. The van der Waals surface area contributed by atoms with Crippen molar-refractivity contribution < 1.29 is 19.1 Å². The summed E-state index contributed by atoms with van der Waals surface area (Å²) in [5, 5.41) is 3.17. The Morgan fingerprint density at radius 3 is 2.39 bits per heavy atom. The van der Waals surface area contributed by atoms with Crippen molar-refractivity contribution in [2.24, 2.45) is 0 Å². The molecule has 3 rings (SSSR count). The molecule has 0 aliphatic carbocycles. The van der Waals surface area contributed by atoms with Crippen molar-refractivity contribution in [3.8, 4) is 5.75 Å². The molecule has 1 aliphatic rings. The fourth-order valence-corrected chi connectivity index (χ4v) is 3.14. The van der Waals surface area contributed by atoms with Crippen LogP contribution in [0.3, 0.4) is 0 Å². The van der Waals surface area contributed by atoms with Gasteiger partial charge >= 0.3 is 0 Å². The lowest BCUT2D eigenvalue weighted by atomic mass is 10.0. The highest BCUT2D eigenvalue weighted by Gasteiger charge is 2.40.